The van der Waals surface area contributed by atoms with Crippen molar-refractivity contribution in [2.75, 3.05) is 0 Å². The maximum Gasteiger partial charge on any atom is 0.293 e. The van der Waals surface area contributed by atoms with Crippen LogP contribution >= 0.6 is 34.4 Å². The number of nitrogens with zero attached hydrogens (tertiary/aromatic N) is 2. The van der Waals surface area contributed by atoms with E-state index in [1.165, 1.54) is 10.5 Å². The van der Waals surface area contributed by atoms with Crippen molar-refractivity contribution in [3.05, 3.63) is 79.3 Å². The molecular weight excluding hydrogens is 384 g/mol. The van der Waals surface area contributed by atoms with Crippen molar-refractivity contribution in [2.45, 2.75) is 13.0 Å². The molecule has 0 saturated carbocycles. The molecule has 0 N–H and O–H groups in total. The van der Waals surface area contributed by atoms with Crippen molar-refractivity contribution in [3.63, 3.8) is 0 Å². The van der Waals surface area contributed by atoms with E-state index in [1.54, 1.807) is 28.7 Å². The van der Waals surface area contributed by atoms with E-state index in [0.29, 0.717) is 4.91 Å². The maximum absolute atomic E-state index is 12.5. The van der Waals surface area contributed by atoms with E-state index >= 15 is 0 Å². The Hall–Kier alpha value is -2.22. The predicted octanol–water partition coefficient (Wildman–Crippen LogP) is 5.03. The van der Waals surface area contributed by atoms with E-state index in [4.69, 9.17) is 0 Å². The average molecular weight is 399 g/mol. The molecule has 7 heteroatoms. The number of thiazole rings is 1. The molecule has 0 radical (unpaired) electrons. The Morgan fingerprint density at radius 1 is 1.04 bits per heavy atom. The third-order valence-corrected chi connectivity index (χ3v) is 6.43. The fourth-order valence-corrected chi connectivity index (χ4v) is 4.95. The minimum atomic E-state index is -0.244. The number of rotatable bonds is 5. The van der Waals surface area contributed by atoms with E-state index in [-0.39, 0.29) is 17.7 Å². The van der Waals surface area contributed by atoms with Gasteiger partial charge in [0.1, 0.15) is 0 Å². The van der Waals surface area contributed by atoms with Crippen LogP contribution in [0.15, 0.2) is 58.1 Å². The highest BCUT2D eigenvalue weighted by Gasteiger charge is 2.35. The van der Waals surface area contributed by atoms with Gasteiger partial charge in [0.25, 0.3) is 11.1 Å². The molecule has 0 unspecified atom stereocenters. The third-order valence-electron chi connectivity index (χ3n) is 3.81. The Balaban J connectivity index is 1.46. The summed E-state index contributed by atoms with van der Waals surface area (Å²) in [6, 6.07) is 14.0. The molecule has 0 bridgehead atoms. The standard InChI is InChI=1S/C19H14N2O2S3/c22-18-16(10-15-7-4-8-24-15)26-19(23)21(18)11-14-12-25-17(20-14)9-13-5-2-1-3-6-13/h1-8,10,12H,9,11H2/b16-10-. The molecule has 0 aliphatic carbocycles. The number of thioether (sulfide) groups is 1. The maximum atomic E-state index is 12.5. The van der Waals surface area contributed by atoms with Crippen molar-refractivity contribution in [3.8, 4) is 0 Å². The van der Waals surface area contributed by atoms with Gasteiger partial charge in [0.15, 0.2) is 0 Å². The highest BCUT2D eigenvalue weighted by atomic mass is 32.2. The van der Waals surface area contributed by atoms with Gasteiger partial charge in [0.2, 0.25) is 0 Å². The van der Waals surface area contributed by atoms with Crippen molar-refractivity contribution in [1.82, 2.24) is 9.88 Å². The molecule has 2 amide bonds. The van der Waals surface area contributed by atoms with Crippen LogP contribution in [0.3, 0.4) is 0 Å². The zero-order chi connectivity index (χ0) is 17.9. The summed E-state index contributed by atoms with van der Waals surface area (Å²) in [5, 5.41) is 4.60. The Labute approximate surface area is 163 Å². The number of amides is 2. The summed E-state index contributed by atoms with van der Waals surface area (Å²) in [4.78, 5) is 32.1. The molecule has 130 valence electrons. The first-order valence-electron chi connectivity index (χ1n) is 7.95. The Morgan fingerprint density at radius 3 is 2.65 bits per heavy atom. The number of hydrogen-bond donors (Lipinski definition) is 0. The molecule has 4 rings (SSSR count). The summed E-state index contributed by atoms with van der Waals surface area (Å²) < 4.78 is 0. The smallest absolute Gasteiger partial charge is 0.268 e. The van der Waals surface area contributed by atoms with Gasteiger partial charge in [-0.3, -0.25) is 14.5 Å². The molecule has 26 heavy (non-hydrogen) atoms. The number of aromatic nitrogens is 1. The highest BCUT2D eigenvalue weighted by Crippen LogP contribution is 2.34. The van der Waals surface area contributed by atoms with Crippen LogP contribution in [0.4, 0.5) is 4.79 Å². The van der Waals surface area contributed by atoms with Gasteiger partial charge >= 0.3 is 0 Å². The third kappa shape index (κ3) is 3.80. The van der Waals surface area contributed by atoms with Crippen LogP contribution < -0.4 is 0 Å². The lowest BCUT2D eigenvalue weighted by molar-refractivity contribution is -0.123. The lowest BCUT2D eigenvalue weighted by Crippen LogP contribution is -2.27. The second-order valence-electron chi connectivity index (χ2n) is 5.68. The van der Waals surface area contributed by atoms with Crippen LogP contribution in [0.1, 0.15) is 21.1 Å². The minimum absolute atomic E-state index is 0.220. The molecular formula is C19H14N2O2S3. The molecule has 3 heterocycles. The molecule has 0 atom stereocenters. The first-order valence-corrected chi connectivity index (χ1v) is 10.5. The molecule has 4 nitrogen and oxygen atoms in total. The number of imide groups is 1. The van der Waals surface area contributed by atoms with Crippen molar-refractivity contribution in [1.29, 1.82) is 0 Å². The van der Waals surface area contributed by atoms with Gasteiger partial charge in [0.05, 0.1) is 22.2 Å². The Morgan fingerprint density at radius 2 is 1.88 bits per heavy atom. The van der Waals surface area contributed by atoms with E-state index in [2.05, 4.69) is 17.1 Å². The largest absolute Gasteiger partial charge is 0.293 e. The highest BCUT2D eigenvalue weighted by molar-refractivity contribution is 8.18. The van der Waals surface area contributed by atoms with Gasteiger partial charge in [-0.05, 0) is 34.8 Å². The Bertz CT molecular complexity index is 962. The average Bonchev–Trinajstić information content (AvgIpc) is 3.36. The van der Waals surface area contributed by atoms with Crippen LogP contribution in [0.2, 0.25) is 0 Å². The van der Waals surface area contributed by atoms with E-state index in [9.17, 15) is 9.59 Å². The number of carbonyl (C=O) groups excluding carboxylic acids is 2. The zero-order valence-corrected chi connectivity index (χ0v) is 16.1. The zero-order valence-electron chi connectivity index (χ0n) is 13.6. The van der Waals surface area contributed by atoms with Crippen LogP contribution in [0.5, 0.6) is 0 Å². The lowest BCUT2D eigenvalue weighted by atomic mass is 10.2. The van der Waals surface area contributed by atoms with Crippen LogP contribution in [0.25, 0.3) is 6.08 Å². The van der Waals surface area contributed by atoms with E-state index in [1.807, 2.05) is 41.1 Å². The summed E-state index contributed by atoms with van der Waals surface area (Å²) in [7, 11) is 0. The number of carbonyl (C=O) groups is 2. The van der Waals surface area contributed by atoms with Crippen LogP contribution in [0, 0.1) is 0 Å². The second kappa shape index (κ2) is 7.57. The first kappa shape index (κ1) is 17.2. The molecule has 1 saturated heterocycles. The molecule has 1 fully saturated rings. The number of hydrogen-bond acceptors (Lipinski definition) is 6. The SMILES string of the molecule is O=C1S/C(=C\c2cccs2)C(=O)N1Cc1csc(Cc2ccccc2)n1. The second-order valence-corrected chi connectivity index (χ2v) is 8.59. The summed E-state index contributed by atoms with van der Waals surface area (Å²) >= 11 is 4.08. The van der Waals surface area contributed by atoms with Gasteiger partial charge in [-0.25, -0.2) is 4.98 Å². The lowest BCUT2D eigenvalue weighted by Gasteiger charge is -2.09. The predicted molar refractivity (Wildman–Crippen MR) is 107 cm³/mol. The Kier molecular flexibility index (Phi) is 5.01. The normalized spacial score (nSPS) is 16.0. The van der Waals surface area contributed by atoms with Crippen molar-refractivity contribution in [2.24, 2.45) is 0 Å². The molecule has 1 aliphatic rings. The van der Waals surface area contributed by atoms with Gasteiger partial charge < -0.3 is 0 Å². The quantitative estimate of drug-likeness (QED) is 0.566. The number of thiophene rings is 1. The summed E-state index contributed by atoms with van der Waals surface area (Å²) in [6.45, 7) is 0.220. The fraction of sp³-hybridized carbons (Fsp3) is 0.105. The van der Waals surface area contributed by atoms with Gasteiger partial charge in [-0.2, -0.15) is 0 Å². The van der Waals surface area contributed by atoms with Crippen molar-refractivity contribution >= 4 is 51.7 Å². The molecule has 1 aromatic carbocycles. The van der Waals surface area contributed by atoms with Crippen LogP contribution in [-0.2, 0) is 17.8 Å². The monoisotopic (exact) mass is 398 g/mol. The van der Waals surface area contributed by atoms with E-state index < -0.39 is 0 Å². The van der Waals surface area contributed by atoms with Gasteiger partial charge in [-0.1, -0.05) is 36.4 Å². The van der Waals surface area contributed by atoms with Crippen LogP contribution in [-0.4, -0.2) is 21.0 Å². The fourth-order valence-electron chi connectivity index (χ4n) is 2.57. The summed E-state index contributed by atoms with van der Waals surface area (Å²) in [5.41, 5.74) is 1.94. The minimum Gasteiger partial charge on any atom is -0.268 e. The number of benzene rings is 1. The van der Waals surface area contributed by atoms with Crippen molar-refractivity contribution < 1.29 is 9.59 Å². The molecule has 1 aliphatic heterocycles. The topological polar surface area (TPSA) is 50.3 Å². The summed E-state index contributed by atoms with van der Waals surface area (Å²) in [6.07, 6.45) is 2.53. The molecule has 2 aromatic heterocycles. The first-order chi connectivity index (χ1) is 12.7. The summed E-state index contributed by atoms with van der Waals surface area (Å²) in [5.74, 6) is -0.244. The van der Waals surface area contributed by atoms with Gasteiger partial charge in [-0.15, -0.1) is 22.7 Å². The van der Waals surface area contributed by atoms with E-state index in [0.717, 1.165) is 33.8 Å². The molecule has 0 spiro atoms. The van der Waals surface area contributed by atoms with Gasteiger partial charge in [0, 0.05) is 16.7 Å². The molecule has 3 aromatic rings.